The molecule has 4 heavy (non-hydrogen) atoms. The Balaban J connectivity index is -0.000000000333. The molecule has 0 saturated heterocycles. The predicted octanol–water partition coefficient (Wildman–Crippen LogP) is -1.08. The monoisotopic (exact) mass is 112 g/mol. The molecule has 4 heteroatoms. The zero-order chi connectivity index (χ0) is 2.00. The van der Waals surface area contributed by atoms with Gasteiger partial charge in [0.15, 0.2) is 0 Å². The van der Waals surface area contributed by atoms with Gasteiger partial charge in [0.25, 0.3) is 0 Å². The van der Waals surface area contributed by atoms with Crippen molar-refractivity contribution in [2.75, 3.05) is 0 Å². The Hall–Kier alpha value is 2.36. The predicted molar refractivity (Wildman–Crippen MR) is 23.8 cm³/mol. The Morgan fingerprint density at radius 2 is 1.50 bits per heavy atom. The summed E-state index contributed by atoms with van der Waals surface area (Å²) in [6.45, 7) is 0. The zero-order valence-electron chi connectivity index (χ0n) is 6.53. The van der Waals surface area contributed by atoms with Crippen molar-refractivity contribution in [3.8, 4) is 0 Å². The van der Waals surface area contributed by atoms with Gasteiger partial charge in [-0.15, -0.1) is 0 Å². The van der Waals surface area contributed by atoms with Crippen molar-refractivity contribution < 1.29 is 9.51 Å². The van der Waals surface area contributed by atoms with Gasteiger partial charge in [0.05, 0.1) is 0 Å². The second kappa shape index (κ2) is 18.3. The molecule has 0 N–H and O–H groups in total. The van der Waals surface area contributed by atoms with Crippen molar-refractivity contribution in [1.82, 2.24) is 0 Å². The van der Waals surface area contributed by atoms with Crippen molar-refractivity contribution in [3.63, 3.8) is 0 Å². The van der Waals surface area contributed by atoms with Crippen molar-refractivity contribution in [3.05, 3.63) is 0 Å². The van der Waals surface area contributed by atoms with Gasteiger partial charge in [-0.3, -0.25) is 0 Å². The van der Waals surface area contributed by atoms with Crippen molar-refractivity contribution >= 4 is 77.0 Å². The maximum atomic E-state index is 8.28. The van der Waals surface area contributed by atoms with Crippen LogP contribution in [0.1, 0.15) is 5.71 Å². The van der Waals surface area contributed by atoms with E-state index in [4.69, 9.17) is 3.80 Å². The van der Waals surface area contributed by atoms with Crippen molar-refractivity contribution in [2.24, 2.45) is 0 Å². The zero-order valence-corrected chi connectivity index (χ0v) is 7.57. The van der Waals surface area contributed by atoms with E-state index in [0.717, 1.165) is 0 Å². The minimum absolute atomic E-state index is 0. The SMILES string of the molecule is [Ca+2].[H-].[H-].[H-].[H-].[Mg+2].[O]=[AlH]. The van der Waals surface area contributed by atoms with Crippen LogP contribution in [0.2, 0.25) is 0 Å². The van der Waals surface area contributed by atoms with Crippen LogP contribution in [-0.2, 0) is 3.80 Å². The van der Waals surface area contributed by atoms with Crippen LogP contribution in [0.25, 0.3) is 0 Å². The van der Waals surface area contributed by atoms with Crippen molar-refractivity contribution in [1.29, 1.82) is 0 Å². The van der Waals surface area contributed by atoms with Gasteiger partial charge in [-0.2, -0.15) is 0 Å². The average molecular weight is 112 g/mol. The first kappa shape index (κ1) is 16.2. The molecule has 0 amide bonds. The summed E-state index contributed by atoms with van der Waals surface area (Å²) in [4.78, 5) is 0. The van der Waals surface area contributed by atoms with E-state index in [-0.39, 0.29) is 66.5 Å². The standard InChI is InChI=1S/Al.Ca.Mg.O.5H/q;2*+2;;;4*-1. The molecule has 0 aromatic carbocycles. The van der Waals surface area contributed by atoms with Gasteiger partial charge in [0.1, 0.15) is 0 Å². The molecule has 0 aliphatic heterocycles. The molecule has 0 fully saturated rings. The molecule has 0 bridgehead atoms. The van der Waals surface area contributed by atoms with Gasteiger partial charge in [0, 0.05) is 0 Å². The van der Waals surface area contributed by atoms with Gasteiger partial charge in [0.2, 0.25) is 0 Å². The van der Waals surface area contributed by atoms with Crippen LogP contribution >= 0.6 is 0 Å². The fourth-order valence-corrected chi connectivity index (χ4v) is 0. The second-order valence-corrected chi connectivity index (χ2v) is 0. The van der Waals surface area contributed by atoms with E-state index >= 15 is 0 Å². The normalized spacial score (nSPS) is 0.750. The Morgan fingerprint density at radius 1 is 1.50 bits per heavy atom. The molecule has 1 nitrogen and oxygen atoms in total. The second-order valence-electron chi connectivity index (χ2n) is 0. The molecule has 0 spiro atoms. The fourth-order valence-electron chi connectivity index (χ4n) is 0. The van der Waals surface area contributed by atoms with E-state index in [1.807, 2.05) is 0 Å². The maximum absolute atomic E-state index is 8.28. The minimum atomic E-state index is 0. The first-order valence-electron chi connectivity index (χ1n) is 0.289. The summed E-state index contributed by atoms with van der Waals surface area (Å²) in [5.74, 6) is 0. The van der Waals surface area contributed by atoms with Crippen LogP contribution in [0.4, 0.5) is 0 Å². The molecule has 0 heterocycles. The summed E-state index contributed by atoms with van der Waals surface area (Å²) >= 11 is 0.611. The molecule has 0 aromatic rings. The summed E-state index contributed by atoms with van der Waals surface area (Å²) in [5, 5.41) is 0. The van der Waals surface area contributed by atoms with E-state index in [2.05, 4.69) is 0 Å². The van der Waals surface area contributed by atoms with E-state index in [9.17, 15) is 0 Å². The Morgan fingerprint density at radius 3 is 1.50 bits per heavy atom. The Bertz CT molecular complexity index is 16.0. The summed E-state index contributed by atoms with van der Waals surface area (Å²) in [6, 6.07) is 0. The molecule has 0 saturated carbocycles. The molecule has 0 aliphatic rings. The molecule has 0 unspecified atom stereocenters. The van der Waals surface area contributed by atoms with Gasteiger partial charge in [-0.25, -0.2) is 0 Å². The third kappa shape index (κ3) is 8.84. The first-order valence-corrected chi connectivity index (χ1v) is 0.866. The van der Waals surface area contributed by atoms with Crippen molar-refractivity contribution in [2.45, 2.75) is 0 Å². The summed E-state index contributed by atoms with van der Waals surface area (Å²) in [6.07, 6.45) is 0. The number of rotatable bonds is 0. The van der Waals surface area contributed by atoms with E-state index < -0.39 is 0 Å². The molecular weight excluding hydrogens is 107 g/mol. The van der Waals surface area contributed by atoms with Gasteiger partial charge in [-0.1, -0.05) is 0 Å². The van der Waals surface area contributed by atoms with E-state index in [0.29, 0.717) is 16.2 Å². The Kier molecular flexibility index (Phi) is 74.1. The molecule has 0 atom stereocenters. The van der Waals surface area contributed by atoms with E-state index in [1.165, 1.54) is 0 Å². The molecule has 0 aromatic heterocycles. The molecular formula is H5AlCaMgO. The van der Waals surface area contributed by atoms with Gasteiger partial charge < -0.3 is 5.71 Å². The summed E-state index contributed by atoms with van der Waals surface area (Å²) in [7, 11) is 0. The van der Waals surface area contributed by atoms with Crippen LogP contribution < -0.4 is 0 Å². The number of hydrogen-bond donors (Lipinski definition) is 0. The third-order valence-corrected chi connectivity index (χ3v) is 0. The molecule has 0 radical (unpaired) electrons. The Labute approximate surface area is 85.2 Å². The van der Waals surface area contributed by atoms with Crippen LogP contribution in [0.3, 0.4) is 0 Å². The fraction of sp³-hybridized carbons (Fsp3) is 0. The van der Waals surface area contributed by atoms with E-state index in [1.54, 1.807) is 0 Å². The summed E-state index contributed by atoms with van der Waals surface area (Å²) < 4.78 is 8.28. The summed E-state index contributed by atoms with van der Waals surface area (Å²) in [5.41, 5.74) is 0. The van der Waals surface area contributed by atoms with Crippen LogP contribution in [0.15, 0.2) is 0 Å². The quantitative estimate of drug-likeness (QED) is 0.365. The van der Waals surface area contributed by atoms with Crippen LogP contribution in [0.5, 0.6) is 0 Å². The molecule has 18 valence electrons. The average Bonchev–Trinajstić information content (AvgIpc) is 1.00. The third-order valence-electron chi connectivity index (χ3n) is 0. The van der Waals surface area contributed by atoms with Crippen LogP contribution in [0, 0.1) is 0 Å². The van der Waals surface area contributed by atoms with Crippen LogP contribution in [-0.4, -0.2) is 77.0 Å². The molecule has 0 aliphatic carbocycles. The molecule has 0 rings (SSSR count). The topological polar surface area (TPSA) is 17.1 Å². The first-order chi connectivity index (χ1) is 1.00. The number of hydrogen-bond acceptors (Lipinski definition) is 1. The van der Waals surface area contributed by atoms with Gasteiger partial charge in [-0.05, 0) is 0 Å². The van der Waals surface area contributed by atoms with Gasteiger partial charge >= 0.3 is 80.8 Å².